The summed E-state index contributed by atoms with van der Waals surface area (Å²) in [5.41, 5.74) is 5.51. The molecule has 0 aromatic heterocycles. The van der Waals surface area contributed by atoms with Gasteiger partial charge in [-0.25, -0.2) is 4.39 Å². The van der Waals surface area contributed by atoms with Crippen molar-refractivity contribution in [2.45, 2.75) is 12.5 Å². The third-order valence-electron chi connectivity index (χ3n) is 2.10. The molecule has 1 aromatic carbocycles. The molecule has 1 rings (SSSR count). The second kappa shape index (κ2) is 5.27. The van der Waals surface area contributed by atoms with Gasteiger partial charge in [0.1, 0.15) is 17.6 Å². The molecule has 1 aromatic rings. The molecule has 0 amide bonds. The van der Waals surface area contributed by atoms with Crippen molar-refractivity contribution in [2.24, 2.45) is 5.73 Å². The van der Waals surface area contributed by atoms with Gasteiger partial charge in [0, 0.05) is 12.0 Å². The van der Waals surface area contributed by atoms with E-state index in [1.165, 1.54) is 19.2 Å². The van der Waals surface area contributed by atoms with E-state index in [0.29, 0.717) is 4.47 Å². The predicted molar refractivity (Wildman–Crippen MR) is 60.0 cm³/mol. The molecule has 0 saturated heterocycles. The van der Waals surface area contributed by atoms with Gasteiger partial charge in [0.2, 0.25) is 0 Å². The third kappa shape index (κ3) is 2.70. The zero-order valence-corrected chi connectivity index (χ0v) is 10.1. The molecule has 3 N–H and O–H groups in total. The summed E-state index contributed by atoms with van der Waals surface area (Å²) in [5.74, 6) is -1.44. The minimum absolute atomic E-state index is 0.121. The van der Waals surface area contributed by atoms with Crippen LogP contribution < -0.4 is 10.5 Å². The fourth-order valence-corrected chi connectivity index (χ4v) is 1.83. The molecule has 0 fully saturated rings. The van der Waals surface area contributed by atoms with Crippen molar-refractivity contribution in [2.75, 3.05) is 7.11 Å². The first-order valence-electron chi connectivity index (χ1n) is 4.46. The molecular weight excluding hydrogens is 281 g/mol. The van der Waals surface area contributed by atoms with Gasteiger partial charge >= 0.3 is 5.97 Å². The Kier molecular flexibility index (Phi) is 4.26. The van der Waals surface area contributed by atoms with E-state index in [1.54, 1.807) is 0 Å². The second-order valence-corrected chi connectivity index (χ2v) is 4.04. The van der Waals surface area contributed by atoms with Crippen LogP contribution in [-0.4, -0.2) is 24.2 Å². The largest absolute Gasteiger partial charge is 0.495 e. The lowest BCUT2D eigenvalue weighted by Gasteiger charge is -2.13. The molecule has 1 atom stereocenters. The van der Waals surface area contributed by atoms with Crippen LogP contribution in [0.1, 0.15) is 5.56 Å². The number of rotatable bonds is 4. The zero-order valence-electron chi connectivity index (χ0n) is 8.54. The van der Waals surface area contributed by atoms with Crippen LogP contribution in [0.2, 0.25) is 0 Å². The molecular formula is C10H11BrFNO3. The van der Waals surface area contributed by atoms with Gasteiger partial charge in [-0.05, 0) is 28.1 Å². The lowest BCUT2D eigenvalue weighted by molar-refractivity contribution is -0.138. The number of benzene rings is 1. The second-order valence-electron chi connectivity index (χ2n) is 3.19. The van der Waals surface area contributed by atoms with Crippen molar-refractivity contribution in [3.05, 3.63) is 28.0 Å². The molecule has 4 nitrogen and oxygen atoms in total. The Morgan fingerprint density at radius 3 is 2.81 bits per heavy atom. The lowest BCUT2D eigenvalue weighted by atomic mass is 10.0. The first-order valence-corrected chi connectivity index (χ1v) is 5.26. The number of ether oxygens (including phenoxy) is 1. The van der Waals surface area contributed by atoms with Gasteiger partial charge in [-0.1, -0.05) is 0 Å². The van der Waals surface area contributed by atoms with E-state index in [9.17, 15) is 9.18 Å². The highest BCUT2D eigenvalue weighted by atomic mass is 79.9. The van der Waals surface area contributed by atoms with Gasteiger partial charge in [0.05, 0.1) is 11.6 Å². The van der Waals surface area contributed by atoms with Crippen LogP contribution in [0.15, 0.2) is 16.6 Å². The number of methoxy groups -OCH3 is 1. The molecule has 0 radical (unpaired) electrons. The summed E-state index contributed by atoms with van der Waals surface area (Å²) in [6.07, 6.45) is -0.121. The molecule has 0 aliphatic rings. The SMILES string of the molecule is COc1c(Br)ccc(F)c1CC(N)C(=O)O. The highest BCUT2D eigenvalue weighted by Crippen LogP contribution is 2.31. The van der Waals surface area contributed by atoms with E-state index < -0.39 is 17.8 Å². The molecule has 0 heterocycles. The first-order chi connectivity index (χ1) is 7.47. The van der Waals surface area contributed by atoms with Crippen molar-refractivity contribution < 1.29 is 19.0 Å². The van der Waals surface area contributed by atoms with Crippen LogP contribution in [0.4, 0.5) is 4.39 Å². The summed E-state index contributed by atoms with van der Waals surface area (Å²) in [7, 11) is 1.38. The van der Waals surface area contributed by atoms with Crippen LogP contribution in [0.5, 0.6) is 5.75 Å². The fraction of sp³-hybridized carbons (Fsp3) is 0.300. The standard InChI is InChI=1S/C10H11BrFNO3/c1-16-9-5(4-8(13)10(14)15)7(12)3-2-6(9)11/h2-3,8H,4,13H2,1H3,(H,14,15). The van der Waals surface area contributed by atoms with Crippen LogP contribution in [0, 0.1) is 5.82 Å². The molecule has 1 unspecified atom stereocenters. The maximum absolute atomic E-state index is 13.5. The molecule has 88 valence electrons. The molecule has 0 aliphatic heterocycles. The van der Waals surface area contributed by atoms with Gasteiger partial charge in [0.15, 0.2) is 0 Å². The van der Waals surface area contributed by atoms with E-state index >= 15 is 0 Å². The van der Waals surface area contributed by atoms with Crippen molar-refractivity contribution in [1.82, 2.24) is 0 Å². The summed E-state index contributed by atoms with van der Waals surface area (Å²) in [5, 5.41) is 8.67. The van der Waals surface area contributed by atoms with Crippen LogP contribution in [0.25, 0.3) is 0 Å². The monoisotopic (exact) mass is 291 g/mol. The average molecular weight is 292 g/mol. The minimum atomic E-state index is -1.18. The minimum Gasteiger partial charge on any atom is -0.495 e. The zero-order chi connectivity index (χ0) is 12.3. The lowest BCUT2D eigenvalue weighted by Crippen LogP contribution is -2.32. The Morgan fingerprint density at radius 1 is 1.69 bits per heavy atom. The Bertz CT molecular complexity index is 411. The van der Waals surface area contributed by atoms with Gasteiger partial charge in [-0.15, -0.1) is 0 Å². The van der Waals surface area contributed by atoms with E-state index in [0.717, 1.165) is 0 Å². The van der Waals surface area contributed by atoms with Gasteiger partial charge in [-0.2, -0.15) is 0 Å². The van der Waals surface area contributed by atoms with E-state index in [-0.39, 0.29) is 17.7 Å². The smallest absolute Gasteiger partial charge is 0.320 e. The fourth-order valence-electron chi connectivity index (χ4n) is 1.29. The number of halogens is 2. The number of carboxylic acids is 1. The number of hydrogen-bond acceptors (Lipinski definition) is 3. The number of carboxylic acid groups (broad SMARTS) is 1. The molecule has 0 bridgehead atoms. The quantitative estimate of drug-likeness (QED) is 0.883. The normalized spacial score (nSPS) is 12.2. The Balaban J connectivity index is 3.11. The van der Waals surface area contributed by atoms with Crippen molar-refractivity contribution >= 4 is 21.9 Å². The molecule has 0 saturated carbocycles. The number of aliphatic carboxylic acids is 1. The molecule has 0 spiro atoms. The summed E-state index contributed by atoms with van der Waals surface area (Å²) >= 11 is 3.19. The highest BCUT2D eigenvalue weighted by Gasteiger charge is 2.19. The van der Waals surface area contributed by atoms with E-state index in [2.05, 4.69) is 15.9 Å². The third-order valence-corrected chi connectivity index (χ3v) is 2.73. The Hall–Kier alpha value is -1.14. The topological polar surface area (TPSA) is 72.5 Å². The van der Waals surface area contributed by atoms with Gasteiger partial charge < -0.3 is 15.6 Å². The summed E-state index contributed by atoms with van der Waals surface area (Å²) in [6, 6.07) is 1.57. The predicted octanol–water partition coefficient (Wildman–Crippen LogP) is 1.55. The van der Waals surface area contributed by atoms with Gasteiger partial charge in [-0.3, -0.25) is 4.79 Å². The average Bonchev–Trinajstić information content (AvgIpc) is 2.23. The van der Waals surface area contributed by atoms with Crippen molar-refractivity contribution in [1.29, 1.82) is 0 Å². The van der Waals surface area contributed by atoms with Crippen LogP contribution in [0.3, 0.4) is 0 Å². The maximum atomic E-state index is 13.5. The maximum Gasteiger partial charge on any atom is 0.320 e. The van der Waals surface area contributed by atoms with Crippen molar-refractivity contribution in [3.63, 3.8) is 0 Å². The summed E-state index contributed by atoms with van der Waals surface area (Å²) in [4.78, 5) is 10.6. The van der Waals surface area contributed by atoms with Gasteiger partial charge in [0.25, 0.3) is 0 Å². The summed E-state index contributed by atoms with van der Waals surface area (Å²) in [6.45, 7) is 0. The highest BCUT2D eigenvalue weighted by molar-refractivity contribution is 9.10. The van der Waals surface area contributed by atoms with E-state index in [4.69, 9.17) is 15.6 Å². The molecule has 6 heteroatoms. The Labute approximate surface area is 100 Å². The Morgan fingerprint density at radius 2 is 2.31 bits per heavy atom. The molecule has 16 heavy (non-hydrogen) atoms. The summed E-state index contributed by atoms with van der Waals surface area (Å²) < 4.78 is 19.1. The van der Waals surface area contributed by atoms with Crippen molar-refractivity contribution in [3.8, 4) is 5.75 Å². The van der Waals surface area contributed by atoms with E-state index in [1.807, 2.05) is 0 Å². The molecule has 0 aliphatic carbocycles. The van der Waals surface area contributed by atoms with Crippen LogP contribution >= 0.6 is 15.9 Å². The number of hydrogen-bond donors (Lipinski definition) is 2. The first kappa shape index (κ1) is 12.9. The number of carbonyl (C=O) groups is 1. The van der Waals surface area contributed by atoms with Crippen LogP contribution in [-0.2, 0) is 11.2 Å². The number of nitrogens with two attached hydrogens (primary N) is 1.